The Labute approximate surface area is 337 Å². The molecule has 0 unspecified atom stereocenters. The summed E-state index contributed by atoms with van der Waals surface area (Å²) in [4.78, 5) is 2.35. The number of rotatable bonds is 7. The van der Waals surface area contributed by atoms with Gasteiger partial charge in [0.25, 0.3) is 0 Å². The van der Waals surface area contributed by atoms with E-state index in [-0.39, 0.29) is 0 Å². The first-order valence-electron chi connectivity index (χ1n) is 19.8. The van der Waals surface area contributed by atoms with E-state index in [1.54, 1.807) is 0 Å². The maximum Gasteiger partial charge on any atom is 0.136 e. The van der Waals surface area contributed by atoms with Crippen LogP contribution in [0.4, 0.5) is 17.1 Å². The van der Waals surface area contributed by atoms with E-state index in [0.29, 0.717) is 0 Å². The average Bonchev–Trinajstić information content (AvgIpc) is 3.68. The number of nitrogens with zero attached hydrogens (tertiary/aromatic N) is 1. The van der Waals surface area contributed by atoms with Crippen molar-refractivity contribution in [2.75, 3.05) is 4.90 Å². The van der Waals surface area contributed by atoms with Gasteiger partial charge in [-0.05, 0) is 121 Å². The Hall–Kier alpha value is -7.68. The summed E-state index contributed by atoms with van der Waals surface area (Å²) in [5.41, 5.74) is 14.5. The van der Waals surface area contributed by atoms with E-state index in [4.69, 9.17) is 4.42 Å². The summed E-state index contributed by atoms with van der Waals surface area (Å²) in [6.45, 7) is 0. The van der Waals surface area contributed by atoms with Gasteiger partial charge in [-0.25, -0.2) is 0 Å². The van der Waals surface area contributed by atoms with Crippen molar-refractivity contribution < 1.29 is 4.42 Å². The van der Waals surface area contributed by atoms with Crippen LogP contribution in [-0.2, 0) is 0 Å². The number of hydrogen-bond acceptors (Lipinski definition) is 2. The summed E-state index contributed by atoms with van der Waals surface area (Å²) >= 11 is 0. The third-order valence-electron chi connectivity index (χ3n) is 11.5. The van der Waals surface area contributed by atoms with Gasteiger partial charge in [-0.2, -0.15) is 0 Å². The van der Waals surface area contributed by atoms with E-state index >= 15 is 0 Å². The number of furan rings is 1. The van der Waals surface area contributed by atoms with Crippen molar-refractivity contribution in [1.82, 2.24) is 0 Å². The molecule has 0 radical (unpaired) electrons. The lowest BCUT2D eigenvalue weighted by Crippen LogP contribution is -2.10. The summed E-state index contributed by atoms with van der Waals surface area (Å²) in [5.74, 6) is 0. The minimum absolute atomic E-state index is 0.894. The molecule has 0 atom stereocenters. The molecule has 0 aliphatic carbocycles. The molecule has 0 aliphatic rings. The lowest BCUT2D eigenvalue weighted by molar-refractivity contribution is 0.669. The van der Waals surface area contributed by atoms with E-state index in [1.165, 1.54) is 54.9 Å². The van der Waals surface area contributed by atoms with Gasteiger partial charge in [0.1, 0.15) is 11.2 Å². The molecular formula is C56H37NO. The maximum atomic E-state index is 6.29. The van der Waals surface area contributed by atoms with Gasteiger partial charge in [0.2, 0.25) is 0 Å². The van der Waals surface area contributed by atoms with Gasteiger partial charge in [0, 0.05) is 27.8 Å². The Morgan fingerprint density at radius 1 is 0.259 bits per heavy atom. The first kappa shape index (κ1) is 33.6. The van der Waals surface area contributed by atoms with Gasteiger partial charge in [0.15, 0.2) is 0 Å². The topological polar surface area (TPSA) is 16.4 Å². The second kappa shape index (κ2) is 14.1. The molecule has 0 bridgehead atoms. The number of hydrogen-bond donors (Lipinski definition) is 0. The molecule has 0 amide bonds. The smallest absolute Gasteiger partial charge is 0.136 e. The number of benzene rings is 10. The lowest BCUT2D eigenvalue weighted by Gasteiger charge is -2.26. The fraction of sp³-hybridized carbons (Fsp3) is 0. The van der Waals surface area contributed by atoms with Crippen LogP contribution in [0.25, 0.3) is 88.0 Å². The molecule has 0 aliphatic heterocycles. The summed E-state index contributed by atoms with van der Waals surface area (Å²) < 4.78 is 6.29. The van der Waals surface area contributed by atoms with Crippen molar-refractivity contribution in [3.05, 3.63) is 224 Å². The Balaban J connectivity index is 0.984. The zero-order valence-electron chi connectivity index (χ0n) is 31.7. The fourth-order valence-corrected chi connectivity index (χ4v) is 8.55. The summed E-state index contributed by atoms with van der Waals surface area (Å²) in [7, 11) is 0. The average molecular weight is 740 g/mol. The normalized spacial score (nSPS) is 11.4. The van der Waals surface area contributed by atoms with Gasteiger partial charge in [-0.1, -0.05) is 170 Å². The Morgan fingerprint density at radius 3 is 1.53 bits per heavy atom. The molecule has 11 aromatic rings. The monoisotopic (exact) mass is 739 g/mol. The second-order valence-corrected chi connectivity index (χ2v) is 14.9. The SMILES string of the molecule is c1ccc(-c2ccc(-c3ccc(N(c4ccc(-c5cccc6c5ccc5ccccc56)cc4)c4cccc(-c5ccc6c(c5)oc5ccccc56)c4)cc3)cc2)cc1. The van der Waals surface area contributed by atoms with Crippen molar-refractivity contribution in [3.8, 4) is 44.5 Å². The van der Waals surface area contributed by atoms with Crippen LogP contribution in [0.5, 0.6) is 0 Å². The summed E-state index contributed by atoms with van der Waals surface area (Å²) in [6, 6.07) is 80.7. The van der Waals surface area contributed by atoms with Crippen LogP contribution in [0.3, 0.4) is 0 Å². The third kappa shape index (κ3) is 6.00. The van der Waals surface area contributed by atoms with Crippen LogP contribution in [0.2, 0.25) is 0 Å². The van der Waals surface area contributed by atoms with Crippen molar-refractivity contribution in [1.29, 1.82) is 0 Å². The zero-order chi connectivity index (χ0) is 38.4. The molecule has 2 nitrogen and oxygen atoms in total. The molecule has 11 rings (SSSR count). The van der Waals surface area contributed by atoms with Gasteiger partial charge in [-0.15, -0.1) is 0 Å². The maximum absolute atomic E-state index is 6.29. The zero-order valence-corrected chi connectivity index (χ0v) is 31.7. The molecule has 58 heavy (non-hydrogen) atoms. The van der Waals surface area contributed by atoms with Gasteiger partial charge < -0.3 is 9.32 Å². The molecule has 0 saturated carbocycles. The highest BCUT2D eigenvalue weighted by atomic mass is 16.3. The molecule has 272 valence electrons. The largest absolute Gasteiger partial charge is 0.456 e. The molecule has 10 aromatic carbocycles. The molecule has 1 aromatic heterocycles. The fourth-order valence-electron chi connectivity index (χ4n) is 8.55. The van der Waals surface area contributed by atoms with Crippen LogP contribution in [-0.4, -0.2) is 0 Å². The van der Waals surface area contributed by atoms with Gasteiger partial charge in [-0.3, -0.25) is 0 Å². The standard InChI is InChI=1S/C56H37NO/c1-2-10-38(11-3-1)39-20-22-40(23-21-39)41-24-30-46(31-25-41)57(48-14-8-13-44(36-48)45-29-35-54-53-16-6-7-19-55(53)58-56(54)37-45)47-32-26-43(27-33-47)50-17-9-18-51-49-15-5-4-12-42(49)28-34-52(50)51/h1-37H. The highest BCUT2D eigenvalue weighted by molar-refractivity contribution is 6.12. The minimum Gasteiger partial charge on any atom is -0.456 e. The van der Waals surface area contributed by atoms with Crippen LogP contribution in [0, 0.1) is 0 Å². The highest BCUT2D eigenvalue weighted by Gasteiger charge is 2.16. The van der Waals surface area contributed by atoms with Gasteiger partial charge in [0.05, 0.1) is 0 Å². The Morgan fingerprint density at radius 2 is 0.776 bits per heavy atom. The molecule has 1 heterocycles. The minimum atomic E-state index is 0.894. The Kier molecular flexibility index (Phi) is 8.19. The van der Waals surface area contributed by atoms with Crippen LogP contribution in [0.15, 0.2) is 229 Å². The van der Waals surface area contributed by atoms with E-state index in [2.05, 4.69) is 217 Å². The van der Waals surface area contributed by atoms with Crippen LogP contribution in [0.1, 0.15) is 0 Å². The van der Waals surface area contributed by atoms with E-state index < -0.39 is 0 Å². The van der Waals surface area contributed by atoms with E-state index in [9.17, 15) is 0 Å². The lowest BCUT2D eigenvalue weighted by atomic mass is 9.94. The number of anilines is 3. The van der Waals surface area contributed by atoms with Crippen LogP contribution >= 0.6 is 0 Å². The first-order valence-corrected chi connectivity index (χ1v) is 19.8. The molecular weight excluding hydrogens is 703 g/mol. The predicted octanol–water partition coefficient (Wildman–Crippen LogP) is 16.0. The predicted molar refractivity (Wildman–Crippen MR) is 245 cm³/mol. The molecule has 0 fully saturated rings. The van der Waals surface area contributed by atoms with Crippen molar-refractivity contribution >= 4 is 60.5 Å². The van der Waals surface area contributed by atoms with Crippen LogP contribution < -0.4 is 4.90 Å². The molecule has 0 saturated heterocycles. The molecule has 0 N–H and O–H groups in total. The van der Waals surface area contributed by atoms with Crippen molar-refractivity contribution in [3.63, 3.8) is 0 Å². The van der Waals surface area contributed by atoms with Crippen molar-refractivity contribution in [2.24, 2.45) is 0 Å². The molecule has 2 heteroatoms. The number of para-hydroxylation sites is 1. The Bertz CT molecular complexity index is 3250. The third-order valence-corrected chi connectivity index (χ3v) is 11.5. The first-order chi connectivity index (χ1) is 28.7. The van der Waals surface area contributed by atoms with E-state index in [0.717, 1.165) is 50.1 Å². The van der Waals surface area contributed by atoms with Gasteiger partial charge >= 0.3 is 0 Å². The summed E-state index contributed by atoms with van der Waals surface area (Å²) in [6.07, 6.45) is 0. The van der Waals surface area contributed by atoms with E-state index in [1.807, 2.05) is 12.1 Å². The second-order valence-electron chi connectivity index (χ2n) is 14.9. The number of fused-ring (bicyclic) bond motifs is 6. The quantitative estimate of drug-likeness (QED) is 0.151. The summed E-state index contributed by atoms with van der Waals surface area (Å²) in [5, 5.41) is 7.33. The molecule has 0 spiro atoms. The van der Waals surface area contributed by atoms with Crippen molar-refractivity contribution in [2.45, 2.75) is 0 Å². The highest BCUT2D eigenvalue weighted by Crippen LogP contribution is 2.41.